The molecule has 40 heavy (non-hydrogen) atoms. The second kappa shape index (κ2) is 12.8. The highest BCUT2D eigenvalue weighted by atomic mass is 19.1. The molecule has 0 aliphatic rings. The Morgan fingerprint density at radius 1 is 1.15 bits per heavy atom. The quantitative estimate of drug-likeness (QED) is 0.326. The smallest absolute Gasteiger partial charge is 0.408 e. The van der Waals surface area contributed by atoms with E-state index in [2.05, 4.69) is 5.32 Å². The number of hydrogen-bond acceptors (Lipinski definition) is 6. The minimum atomic E-state index is -1.34. The molecule has 0 aliphatic carbocycles. The number of aliphatic hydroxyl groups excluding tert-OH is 1. The van der Waals surface area contributed by atoms with Crippen LogP contribution in [0, 0.1) is 5.82 Å². The topological polar surface area (TPSA) is 130 Å². The van der Waals surface area contributed by atoms with Crippen LogP contribution in [-0.2, 0) is 11.3 Å². The van der Waals surface area contributed by atoms with Crippen molar-refractivity contribution in [1.82, 2.24) is 14.8 Å². The van der Waals surface area contributed by atoms with Gasteiger partial charge in [-0.25, -0.2) is 9.18 Å². The van der Waals surface area contributed by atoms with Gasteiger partial charge >= 0.3 is 6.09 Å². The summed E-state index contributed by atoms with van der Waals surface area (Å²) in [5.41, 5.74) is -0.423. The number of methoxy groups -OCH3 is 1. The van der Waals surface area contributed by atoms with Crippen molar-refractivity contribution in [3.05, 3.63) is 58.6 Å². The molecule has 3 aromatic rings. The van der Waals surface area contributed by atoms with Gasteiger partial charge < -0.3 is 29.6 Å². The summed E-state index contributed by atoms with van der Waals surface area (Å²) >= 11 is 0. The fraction of sp³-hybridized carbons (Fsp3) is 0.414. The number of nitrogens with one attached hydrogen (secondary N) is 1. The summed E-state index contributed by atoms with van der Waals surface area (Å²) in [6.45, 7) is 6.52. The number of aromatic nitrogens is 1. The molecule has 0 bridgehead atoms. The van der Waals surface area contributed by atoms with E-state index in [4.69, 9.17) is 9.47 Å². The lowest BCUT2D eigenvalue weighted by Gasteiger charge is -2.37. The van der Waals surface area contributed by atoms with Crippen molar-refractivity contribution < 1.29 is 33.7 Å². The molecule has 0 aliphatic heterocycles. The molecule has 1 atom stereocenters. The summed E-state index contributed by atoms with van der Waals surface area (Å²) < 4.78 is 27.8. The largest absolute Gasteiger partial charge is 0.497 e. The number of fused-ring (bicyclic) bond motifs is 1. The van der Waals surface area contributed by atoms with Crippen molar-refractivity contribution >= 4 is 22.9 Å². The van der Waals surface area contributed by atoms with E-state index < -0.39 is 41.4 Å². The van der Waals surface area contributed by atoms with Gasteiger partial charge in [0.2, 0.25) is 5.91 Å². The van der Waals surface area contributed by atoms with Crippen molar-refractivity contribution in [3.8, 4) is 22.6 Å². The lowest BCUT2D eigenvalue weighted by Crippen LogP contribution is -2.58. The summed E-state index contributed by atoms with van der Waals surface area (Å²) in [5.74, 6) is -0.479. The van der Waals surface area contributed by atoms with Crippen molar-refractivity contribution in [2.75, 3.05) is 26.9 Å². The van der Waals surface area contributed by atoms with Crippen molar-refractivity contribution in [1.29, 1.82) is 0 Å². The predicted octanol–water partition coefficient (Wildman–Crippen LogP) is 3.86. The van der Waals surface area contributed by atoms with Crippen LogP contribution in [0.25, 0.3) is 22.0 Å². The van der Waals surface area contributed by atoms with Crippen molar-refractivity contribution in [3.63, 3.8) is 0 Å². The van der Waals surface area contributed by atoms with Gasteiger partial charge in [0.05, 0.1) is 31.2 Å². The molecule has 0 radical (unpaired) electrons. The Kier molecular flexibility index (Phi) is 9.75. The number of amides is 2. The van der Waals surface area contributed by atoms with Gasteiger partial charge in [-0.05, 0) is 57.0 Å². The number of carbonyl (C=O) groups is 2. The highest BCUT2D eigenvalue weighted by Crippen LogP contribution is 2.30. The zero-order valence-corrected chi connectivity index (χ0v) is 23.4. The number of nitrogens with zero attached hydrogens (tertiary/aromatic N) is 2. The molecule has 10 nitrogen and oxygen atoms in total. The van der Waals surface area contributed by atoms with Crippen LogP contribution >= 0.6 is 0 Å². The molecule has 0 spiro atoms. The first-order valence-corrected chi connectivity index (χ1v) is 13.0. The van der Waals surface area contributed by atoms with Crippen LogP contribution in [0.5, 0.6) is 11.5 Å². The van der Waals surface area contributed by atoms with E-state index in [1.54, 1.807) is 55.8 Å². The van der Waals surface area contributed by atoms with Crippen LogP contribution in [0.15, 0.2) is 47.4 Å². The van der Waals surface area contributed by atoms with Crippen molar-refractivity contribution in [2.45, 2.75) is 52.2 Å². The lowest BCUT2D eigenvalue weighted by molar-refractivity contribution is -0.129. The van der Waals surface area contributed by atoms with Crippen LogP contribution in [-0.4, -0.2) is 70.1 Å². The van der Waals surface area contributed by atoms with Gasteiger partial charge in [0.15, 0.2) is 5.43 Å². The number of pyridine rings is 1. The summed E-state index contributed by atoms with van der Waals surface area (Å²) in [6.07, 6.45) is 0.934. The Morgan fingerprint density at radius 3 is 2.38 bits per heavy atom. The van der Waals surface area contributed by atoms with Gasteiger partial charge in [-0.15, -0.1) is 0 Å². The van der Waals surface area contributed by atoms with Gasteiger partial charge in [0.25, 0.3) is 0 Å². The first-order chi connectivity index (χ1) is 18.9. The normalized spacial score (nSPS) is 12.2. The minimum absolute atomic E-state index is 0.00328. The fourth-order valence-electron chi connectivity index (χ4n) is 4.53. The second-order valence-electron chi connectivity index (χ2n) is 10.2. The van der Waals surface area contributed by atoms with E-state index in [1.807, 2.05) is 6.92 Å². The Balaban J connectivity index is 2.04. The summed E-state index contributed by atoms with van der Waals surface area (Å²) in [4.78, 5) is 39.2. The number of halogens is 1. The van der Waals surface area contributed by atoms with E-state index in [0.29, 0.717) is 30.1 Å². The van der Waals surface area contributed by atoms with Crippen molar-refractivity contribution in [2.24, 2.45) is 0 Å². The minimum Gasteiger partial charge on any atom is -0.497 e. The Hall–Kier alpha value is -4.12. The van der Waals surface area contributed by atoms with E-state index in [9.17, 15) is 24.6 Å². The molecular weight excluding hydrogens is 521 g/mol. The average Bonchev–Trinajstić information content (AvgIpc) is 2.91. The molecule has 0 saturated heterocycles. The molecule has 2 aromatic carbocycles. The summed E-state index contributed by atoms with van der Waals surface area (Å²) in [5, 5.41) is 22.0. The maximum absolute atomic E-state index is 15.2. The molecule has 11 heteroatoms. The van der Waals surface area contributed by atoms with Gasteiger partial charge in [0, 0.05) is 30.4 Å². The Bertz CT molecular complexity index is 1410. The van der Waals surface area contributed by atoms with Gasteiger partial charge in [-0.1, -0.05) is 19.1 Å². The van der Waals surface area contributed by atoms with E-state index in [1.165, 1.54) is 19.2 Å². The SMILES string of the molecule is CCCOc1ccc(F)c2c(=O)c(-c3ccc(OC)cc3)cn(CCNC(=O)[C@H](CO)N(C(=O)O)C(C)(C)C)c12. The number of rotatable bonds is 11. The molecule has 3 rings (SSSR count). The Labute approximate surface area is 231 Å². The number of hydrogen-bond donors (Lipinski definition) is 3. The molecule has 0 unspecified atom stereocenters. The maximum Gasteiger partial charge on any atom is 0.408 e. The summed E-state index contributed by atoms with van der Waals surface area (Å²) in [6, 6.07) is 8.10. The van der Waals surface area contributed by atoms with Crippen LogP contribution in [0.2, 0.25) is 0 Å². The van der Waals surface area contributed by atoms with Crippen LogP contribution in [0.4, 0.5) is 9.18 Å². The molecule has 0 saturated carbocycles. The van der Waals surface area contributed by atoms with E-state index >= 15 is 4.39 Å². The molecule has 3 N–H and O–H groups in total. The van der Waals surface area contributed by atoms with Gasteiger partial charge in [-0.2, -0.15) is 0 Å². The van der Waals surface area contributed by atoms with Gasteiger partial charge in [-0.3, -0.25) is 14.5 Å². The second-order valence-corrected chi connectivity index (χ2v) is 10.2. The zero-order chi connectivity index (χ0) is 29.6. The molecule has 2 amide bonds. The van der Waals surface area contributed by atoms with E-state index in [-0.39, 0.29) is 29.6 Å². The standard InChI is InChI=1S/C29H36FN3O7/c1-6-15-40-23-12-11-21(30)24-25(23)32(16-20(26(24)35)18-7-9-19(39-5)10-8-18)14-13-31-27(36)22(17-34)33(28(37)38)29(2,3)4/h7-12,16,22,34H,6,13-15,17H2,1-5H3,(H,31,36)(H,37,38)/t22-/m0/s1. The molecule has 1 heterocycles. The fourth-order valence-corrected chi connectivity index (χ4v) is 4.53. The highest BCUT2D eigenvalue weighted by Gasteiger charge is 2.37. The summed E-state index contributed by atoms with van der Waals surface area (Å²) in [7, 11) is 1.53. The lowest BCUT2D eigenvalue weighted by atomic mass is 10.0. The molecule has 0 fully saturated rings. The third kappa shape index (κ3) is 6.53. The Morgan fingerprint density at radius 2 is 1.82 bits per heavy atom. The number of benzene rings is 2. The molecule has 216 valence electrons. The number of carbonyl (C=O) groups excluding carboxylic acids is 1. The first-order valence-electron chi connectivity index (χ1n) is 13.0. The molecule has 1 aromatic heterocycles. The van der Waals surface area contributed by atoms with Crippen LogP contribution in [0.1, 0.15) is 34.1 Å². The number of aliphatic hydroxyl groups is 1. The third-order valence-corrected chi connectivity index (χ3v) is 6.36. The third-order valence-electron chi connectivity index (χ3n) is 6.36. The molecular formula is C29H36FN3O7. The maximum atomic E-state index is 15.2. The van der Waals surface area contributed by atoms with E-state index in [0.717, 1.165) is 4.90 Å². The van der Waals surface area contributed by atoms with Crippen LogP contribution < -0.4 is 20.2 Å². The average molecular weight is 558 g/mol. The van der Waals surface area contributed by atoms with Crippen LogP contribution in [0.3, 0.4) is 0 Å². The highest BCUT2D eigenvalue weighted by molar-refractivity contribution is 5.89. The first kappa shape index (κ1) is 30.4. The van der Waals surface area contributed by atoms with Gasteiger partial charge in [0.1, 0.15) is 23.4 Å². The number of ether oxygens (including phenoxy) is 2. The number of carboxylic acid groups (broad SMARTS) is 1. The predicted molar refractivity (Wildman–Crippen MR) is 149 cm³/mol. The zero-order valence-electron chi connectivity index (χ0n) is 23.4. The monoisotopic (exact) mass is 557 g/mol.